The minimum absolute atomic E-state index is 0.0814. The zero-order chi connectivity index (χ0) is 14.8. The normalized spacial score (nSPS) is 23.2. The van der Waals surface area contributed by atoms with Crippen molar-refractivity contribution in [2.75, 3.05) is 39.3 Å². The molecule has 0 aromatic carbocycles. The lowest BCUT2D eigenvalue weighted by Crippen LogP contribution is -2.60. The molecule has 2 rings (SSSR count). The lowest BCUT2D eigenvalue weighted by atomic mass is 9.86. The van der Waals surface area contributed by atoms with Crippen molar-refractivity contribution in [1.29, 1.82) is 5.26 Å². The van der Waals surface area contributed by atoms with Crippen LogP contribution in [0.25, 0.3) is 0 Å². The monoisotopic (exact) mass is 278 g/mol. The maximum atomic E-state index is 11.4. The van der Waals surface area contributed by atoms with Gasteiger partial charge in [-0.2, -0.15) is 5.26 Å². The number of amides is 2. The van der Waals surface area contributed by atoms with Gasteiger partial charge in [0.25, 0.3) is 0 Å². The lowest BCUT2D eigenvalue weighted by Gasteiger charge is -2.47. The van der Waals surface area contributed by atoms with Crippen molar-refractivity contribution < 1.29 is 9.59 Å². The topological polar surface area (TPSA) is 67.7 Å². The van der Waals surface area contributed by atoms with Crippen molar-refractivity contribution in [2.45, 2.75) is 32.2 Å². The summed E-state index contributed by atoms with van der Waals surface area (Å²) in [4.78, 5) is 28.6. The van der Waals surface area contributed by atoms with Crippen molar-refractivity contribution >= 4 is 11.8 Å². The molecule has 6 nitrogen and oxygen atoms in total. The highest BCUT2D eigenvalue weighted by Crippen LogP contribution is 2.29. The van der Waals surface area contributed by atoms with Gasteiger partial charge < -0.3 is 9.80 Å². The molecule has 0 atom stereocenters. The Balaban J connectivity index is 1.98. The van der Waals surface area contributed by atoms with Crippen LogP contribution in [0.2, 0.25) is 0 Å². The molecule has 2 heterocycles. The number of carbonyl (C=O) groups excluding carboxylic acids is 2. The molecule has 0 aromatic heterocycles. The maximum Gasteiger partial charge on any atom is 0.219 e. The molecule has 0 unspecified atom stereocenters. The molecule has 20 heavy (non-hydrogen) atoms. The number of nitrogens with zero attached hydrogens (tertiary/aromatic N) is 4. The van der Waals surface area contributed by atoms with Crippen molar-refractivity contribution in [3.63, 3.8) is 0 Å². The largest absolute Gasteiger partial charge is 0.343 e. The van der Waals surface area contributed by atoms with Crippen LogP contribution in [0.5, 0.6) is 0 Å². The van der Waals surface area contributed by atoms with Gasteiger partial charge in [-0.15, -0.1) is 0 Å². The predicted molar refractivity (Wildman–Crippen MR) is 73.7 cm³/mol. The number of piperazine rings is 1. The van der Waals surface area contributed by atoms with Gasteiger partial charge in [-0.25, -0.2) is 0 Å². The Morgan fingerprint density at radius 3 is 1.75 bits per heavy atom. The van der Waals surface area contributed by atoms with Gasteiger partial charge in [0.2, 0.25) is 11.8 Å². The zero-order valence-corrected chi connectivity index (χ0v) is 12.3. The molecular weight excluding hydrogens is 256 g/mol. The summed E-state index contributed by atoms with van der Waals surface area (Å²) in [5.74, 6) is 0.181. The van der Waals surface area contributed by atoms with Crippen molar-refractivity contribution in [2.24, 2.45) is 0 Å². The molecule has 2 fully saturated rings. The summed E-state index contributed by atoms with van der Waals surface area (Å²) < 4.78 is 0. The summed E-state index contributed by atoms with van der Waals surface area (Å²) in [5.41, 5.74) is -0.463. The quantitative estimate of drug-likeness (QED) is 0.680. The standard InChI is InChI=1S/C14H22N4O2/c1-12(19)16-5-3-14(11-15,4-6-16)18-9-7-17(8-10-18)13(2)20/h3-10H2,1-2H3. The van der Waals surface area contributed by atoms with Gasteiger partial charge in [0.1, 0.15) is 5.54 Å². The highest BCUT2D eigenvalue weighted by molar-refractivity contribution is 5.73. The number of piperidine rings is 1. The Morgan fingerprint density at radius 1 is 0.900 bits per heavy atom. The fourth-order valence-electron chi connectivity index (χ4n) is 3.14. The van der Waals surface area contributed by atoms with Crippen LogP contribution < -0.4 is 0 Å². The fourth-order valence-corrected chi connectivity index (χ4v) is 3.14. The first-order valence-electron chi connectivity index (χ1n) is 7.16. The van der Waals surface area contributed by atoms with Crippen LogP contribution in [-0.2, 0) is 9.59 Å². The van der Waals surface area contributed by atoms with E-state index in [9.17, 15) is 14.9 Å². The first kappa shape index (κ1) is 14.8. The number of hydrogen-bond acceptors (Lipinski definition) is 4. The van der Waals surface area contributed by atoms with Crippen LogP contribution in [0, 0.1) is 11.3 Å². The third kappa shape index (κ3) is 2.78. The molecule has 110 valence electrons. The van der Waals surface area contributed by atoms with Gasteiger partial charge in [-0.1, -0.05) is 0 Å². The summed E-state index contributed by atoms with van der Waals surface area (Å²) in [6.07, 6.45) is 1.40. The van der Waals surface area contributed by atoms with E-state index >= 15 is 0 Å². The second-order valence-corrected chi connectivity index (χ2v) is 5.64. The number of likely N-dealkylation sites (tertiary alicyclic amines) is 1. The van der Waals surface area contributed by atoms with Crippen molar-refractivity contribution in [1.82, 2.24) is 14.7 Å². The Kier molecular flexibility index (Phi) is 4.29. The molecule has 0 N–H and O–H groups in total. The second kappa shape index (κ2) is 5.80. The van der Waals surface area contributed by atoms with E-state index in [-0.39, 0.29) is 11.8 Å². The third-order valence-corrected chi connectivity index (χ3v) is 4.57. The molecule has 0 aliphatic carbocycles. The average Bonchev–Trinajstić information content (AvgIpc) is 2.47. The Bertz CT molecular complexity index is 427. The molecule has 2 aliphatic heterocycles. The van der Waals surface area contributed by atoms with E-state index in [1.807, 2.05) is 4.90 Å². The molecule has 0 spiro atoms. The van der Waals surface area contributed by atoms with Gasteiger partial charge in [0, 0.05) is 53.1 Å². The molecule has 0 aromatic rings. The molecule has 6 heteroatoms. The highest BCUT2D eigenvalue weighted by Gasteiger charge is 2.41. The van der Waals surface area contributed by atoms with Gasteiger partial charge in [0.15, 0.2) is 0 Å². The van der Waals surface area contributed by atoms with Gasteiger partial charge in [-0.05, 0) is 12.8 Å². The third-order valence-electron chi connectivity index (χ3n) is 4.57. The summed E-state index contributed by atoms with van der Waals surface area (Å²) >= 11 is 0. The molecule has 2 aliphatic rings. The molecule has 2 saturated heterocycles. The van der Waals surface area contributed by atoms with Crippen LogP contribution in [0.4, 0.5) is 0 Å². The Labute approximate surface area is 119 Å². The molecule has 2 amide bonds. The smallest absolute Gasteiger partial charge is 0.219 e. The first-order valence-corrected chi connectivity index (χ1v) is 7.16. The second-order valence-electron chi connectivity index (χ2n) is 5.64. The Morgan fingerprint density at radius 2 is 1.35 bits per heavy atom. The van der Waals surface area contributed by atoms with Crippen LogP contribution in [-0.4, -0.2) is 71.3 Å². The molecule has 0 radical (unpaired) electrons. The van der Waals surface area contributed by atoms with E-state index in [1.54, 1.807) is 18.7 Å². The van der Waals surface area contributed by atoms with Crippen molar-refractivity contribution in [3.8, 4) is 6.07 Å². The van der Waals surface area contributed by atoms with E-state index < -0.39 is 5.54 Å². The van der Waals surface area contributed by atoms with Gasteiger partial charge in [-0.3, -0.25) is 14.5 Å². The van der Waals surface area contributed by atoms with E-state index in [0.717, 1.165) is 13.1 Å². The van der Waals surface area contributed by atoms with E-state index in [1.165, 1.54) is 0 Å². The average molecular weight is 278 g/mol. The predicted octanol–water partition coefficient (Wildman–Crippen LogP) is 0.0552. The van der Waals surface area contributed by atoms with Crippen LogP contribution in [0.1, 0.15) is 26.7 Å². The number of carbonyl (C=O) groups is 2. The zero-order valence-electron chi connectivity index (χ0n) is 12.3. The van der Waals surface area contributed by atoms with E-state index in [2.05, 4.69) is 11.0 Å². The van der Waals surface area contributed by atoms with Crippen LogP contribution >= 0.6 is 0 Å². The first-order chi connectivity index (χ1) is 9.48. The van der Waals surface area contributed by atoms with Gasteiger partial charge >= 0.3 is 0 Å². The summed E-state index contributed by atoms with van der Waals surface area (Å²) in [5, 5.41) is 9.62. The highest BCUT2D eigenvalue weighted by atomic mass is 16.2. The number of rotatable bonds is 1. The summed E-state index contributed by atoms with van der Waals surface area (Å²) in [6, 6.07) is 2.48. The van der Waals surface area contributed by atoms with E-state index in [0.29, 0.717) is 39.0 Å². The number of hydrogen-bond donors (Lipinski definition) is 0. The van der Waals surface area contributed by atoms with Crippen molar-refractivity contribution in [3.05, 3.63) is 0 Å². The minimum atomic E-state index is -0.463. The molecule has 0 saturated carbocycles. The summed E-state index contributed by atoms with van der Waals surface area (Å²) in [6.45, 7) is 7.32. The summed E-state index contributed by atoms with van der Waals surface area (Å²) in [7, 11) is 0. The van der Waals surface area contributed by atoms with E-state index in [4.69, 9.17) is 0 Å². The minimum Gasteiger partial charge on any atom is -0.343 e. The maximum absolute atomic E-state index is 11.4. The number of nitriles is 1. The SMILES string of the molecule is CC(=O)N1CCN(C2(C#N)CCN(C(C)=O)CC2)CC1. The molecular formula is C14H22N4O2. The van der Waals surface area contributed by atoms with Crippen LogP contribution in [0.15, 0.2) is 0 Å². The lowest BCUT2D eigenvalue weighted by molar-refractivity contribution is -0.134. The Hall–Kier alpha value is -1.61. The van der Waals surface area contributed by atoms with Gasteiger partial charge in [0.05, 0.1) is 6.07 Å². The fraction of sp³-hybridized carbons (Fsp3) is 0.786. The molecule has 0 bridgehead atoms. The van der Waals surface area contributed by atoms with Crippen LogP contribution in [0.3, 0.4) is 0 Å².